The fourth-order valence-electron chi connectivity index (χ4n) is 2.27. The average Bonchev–Trinajstić information content (AvgIpc) is 2.45. The van der Waals surface area contributed by atoms with Gasteiger partial charge in [-0.05, 0) is 49.1 Å². The molecule has 0 spiro atoms. The minimum Gasteiger partial charge on any atom is -0.494 e. The van der Waals surface area contributed by atoms with Crippen molar-refractivity contribution < 1.29 is 4.74 Å². The van der Waals surface area contributed by atoms with Gasteiger partial charge in [-0.15, -0.1) is 0 Å². The van der Waals surface area contributed by atoms with Gasteiger partial charge in [0, 0.05) is 0 Å². The molecule has 0 aliphatic heterocycles. The summed E-state index contributed by atoms with van der Waals surface area (Å²) in [6.07, 6.45) is 1.03. The summed E-state index contributed by atoms with van der Waals surface area (Å²) in [7, 11) is 0. The Labute approximate surface area is 130 Å². The van der Waals surface area contributed by atoms with Gasteiger partial charge >= 0.3 is 0 Å². The summed E-state index contributed by atoms with van der Waals surface area (Å²) in [5.41, 5.74) is 5.14. The first-order valence-corrected chi connectivity index (χ1v) is 7.97. The van der Waals surface area contributed by atoms with E-state index in [-0.39, 0.29) is 4.83 Å². The van der Waals surface area contributed by atoms with Crippen LogP contribution in [0.2, 0.25) is 0 Å². The van der Waals surface area contributed by atoms with Crippen molar-refractivity contribution >= 4 is 15.9 Å². The van der Waals surface area contributed by atoms with Crippen LogP contribution in [0.15, 0.2) is 42.5 Å². The zero-order chi connectivity index (χ0) is 14.5. The van der Waals surface area contributed by atoms with E-state index in [0.29, 0.717) is 0 Å². The van der Waals surface area contributed by atoms with E-state index in [4.69, 9.17) is 4.74 Å². The SMILES string of the molecule is CCCOc1cccc(C(Br)c2ccc(C)cc2C)c1. The normalized spacial score (nSPS) is 12.2. The van der Waals surface area contributed by atoms with Crippen LogP contribution < -0.4 is 4.74 Å². The third-order valence-electron chi connectivity index (χ3n) is 3.32. The number of halogens is 1. The summed E-state index contributed by atoms with van der Waals surface area (Å²) in [6.45, 7) is 7.17. The van der Waals surface area contributed by atoms with Crippen LogP contribution in [-0.4, -0.2) is 6.61 Å². The van der Waals surface area contributed by atoms with E-state index in [9.17, 15) is 0 Å². The highest BCUT2D eigenvalue weighted by Crippen LogP contribution is 2.34. The summed E-state index contributed by atoms with van der Waals surface area (Å²) in [5.74, 6) is 0.943. The molecule has 1 nitrogen and oxygen atoms in total. The predicted octanol–water partition coefficient (Wildman–Crippen LogP) is 5.58. The molecular weight excluding hydrogens is 312 g/mol. The van der Waals surface area contributed by atoms with Gasteiger partial charge in [0.05, 0.1) is 11.4 Å². The third kappa shape index (κ3) is 3.63. The lowest BCUT2D eigenvalue weighted by Gasteiger charge is -2.15. The summed E-state index contributed by atoms with van der Waals surface area (Å²) in [5, 5.41) is 0. The Morgan fingerprint density at radius 2 is 1.90 bits per heavy atom. The fourth-order valence-corrected chi connectivity index (χ4v) is 3.07. The van der Waals surface area contributed by atoms with Crippen molar-refractivity contribution in [1.29, 1.82) is 0 Å². The van der Waals surface area contributed by atoms with E-state index in [1.165, 1.54) is 22.3 Å². The largest absolute Gasteiger partial charge is 0.494 e. The van der Waals surface area contributed by atoms with Gasteiger partial charge in [-0.1, -0.05) is 58.7 Å². The van der Waals surface area contributed by atoms with E-state index in [1.54, 1.807) is 0 Å². The number of ether oxygens (including phenoxy) is 1. The highest BCUT2D eigenvalue weighted by atomic mass is 79.9. The second kappa shape index (κ2) is 6.94. The van der Waals surface area contributed by atoms with Crippen LogP contribution in [0, 0.1) is 13.8 Å². The first kappa shape index (κ1) is 15.1. The summed E-state index contributed by atoms with van der Waals surface area (Å²) in [6, 6.07) is 14.9. The maximum atomic E-state index is 5.71. The molecule has 2 aromatic rings. The molecule has 0 saturated carbocycles. The number of aryl methyl sites for hydroxylation is 2. The molecule has 2 heteroatoms. The zero-order valence-electron chi connectivity index (χ0n) is 12.3. The van der Waals surface area contributed by atoms with Gasteiger partial charge in [0.1, 0.15) is 5.75 Å². The molecule has 1 atom stereocenters. The highest BCUT2D eigenvalue weighted by Gasteiger charge is 2.13. The Bertz CT molecular complexity index is 577. The first-order chi connectivity index (χ1) is 9.61. The van der Waals surface area contributed by atoms with E-state index >= 15 is 0 Å². The van der Waals surface area contributed by atoms with Gasteiger partial charge < -0.3 is 4.74 Å². The molecule has 20 heavy (non-hydrogen) atoms. The molecule has 0 heterocycles. The average molecular weight is 333 g/mol. The van der Waals surface area contributed by atoms with Crippen LogP contribution in [0.1, 0.15) is 40.4 Å². The molecule has 106 valence electrons. The first-order valence-electron chi connectivity index (χ1n) is 7.05. The second-order valence-electron chi connectivity index (χ2n) is 5.14. The van der Waals surface area contributed by atoms with Crippen LogP contribution in [-0.2, 0) is 0 Å². The van der Waals surface area contributed by atoms with E-state index in [1.807, 2.05) is 6.07 Å². The molecule has 2 rings (SSSR count). The Hall–Kier alpha value is -1.28. The van der Waals surface area contributed by atoms with Crippen molar-refractivity contribution in [2.45, 2.75) is 32.0 Å². The Morgan fingerprint density at radius 3 is 2.60 bits per heavy atom. The molecule has 0 saturated heterocycles. The Morgan fingerprint density at radius 1 is 1.10 bits per heavy atom. The van der Waals surface area contributed by atoms with Crippen LogP contribution >= 0.6 is 15.9 Å². The summed E-state index contributed by atoms with van der Waals surface area (Å²) >= 11 is 3.82. The van der Waals surface area contributed by atoms with Gasteiger partial charge in [-0.3, -0.25) is 0 Å². The number of hydrogen-bond acceptors (Lipinski definition) is 1. The molecule has 0 N–H and O–H groups in total. The number of rotatable bonds is 5. The number of benzene rings is 2. The van der Waals surface area contributed by atoms with E-state index < -0.39 is 0 Å². The van der Waals surface area contributed by atoms with E-state index in [0.717, 1.165) is 18.8 Å². The molecule has 0 aliphatic carbocycles. The third-order valence-corrected chi connectivity index (χ3v) is 4.34. The van der Waals surface area contributed by atoms with E-state index in [2.05, 4.69) is 73.1 Å². The molecule has 1 unspecified atom stereocenters. The molecule has 2 aromatic carbocycles. The monoisotopic (exact) mass is 332 g/mol. The van der Waals surface area contributed by atoms with Gasteiger partial charge in [0.25, 0.3) is 0 Å². The smallest absolute Gasteiger partial charge is 0.119 e. The molecule has 0 amide bonds. The second-order valence-corrected chi connectivity index (χ2v) is 6.06. The summed E-state index contributed by atoms with van der Waals surface area (Å²) in [4.78, 5) is 0.202. The lowest BCUT2D eigenvalue weighted by Crippen LogP contribution is -1.99. The zero-order valence-corrected chi connectivity index (χ0v) is 13.9. The lowest BCUT2D eigenvalue weighted by atomic mass is 9.99. The van der Waals surface area contributed by atoms with Crippen molar-refractivity contribution in [2.75, 3.05) is 6.61 Å². The molecule has 0 bridgehead atoms. The quantitative estimate of drug-likeness (QED) is 0.649. The van der Waals surface area contributed by atoms with Crippen molar-refractivity contribution in [3.8, 4) is 5.75 Å². The number of hydrogen-bond donors (Lipinski definition) is 0. The van der Waals surface area contributed by atoms with Crippen LogP contribution in [0.4, 0.5) is 0 Å². The summed E-state index contributed by atoms with van der Waals surface area (Å²) < 4.78 is 5.71. The lowest BCUT2D eigenvalue weighted by molar-refractivity contribution is 0.317. The highest BCUT2D eigenvalue weighted by molar-refractivity contribution is 9.09. The Balaban J connectivity index is 2.26. The van der Waals surface area contributed by atoms with Crippen LogP contribution in [0.5, 0.6) is 5.75 Å². The van der Waals surface area contributed by atoms with Crippen molar-refractivity contribution in [2.24, 2.45) is 0 Å². The van der Waals surface area contributed by atoms with Crippen LogP contribution in [0.25, 0.3) is 0 Å². The fraction of sp³-hybridized carbons (Fsp3) is 0.333. The molecule has 0 aliphatic rings. The minimum absolute atomic E-state index is 0.202. The van der Waals surface area contributed by atoms with Gasteiger partial charge in [0.15, 0.2) is 0 Å². The molecule has 0 aromatic heterocycles. The minimum atomic E-state index is 0.202. The maximum Gasteiger partial charge on any atom is 0.119 e. The van der Waals surface area contributed by atoms with Gasteiger partial charge in [0.2, 0.25) is 0 Å². The standard InChI is InChI=1S/C18H21BrO/c1-4-10-20-16-7-5-6-15(12-16)18(19)17-9-8-13(2)11-14(17)3/h5-9,11-12,18H,4,10H2,1-3H3. The number of alkyl halides is 1. The molecular formula is C18H21BrO. The Kier molecular flexibility index (Phi) is 5.24. The van der Waals surface area contributed by atoms with Crippen LogP contribution in [0.3, 0.4) is 0 Å². The van der Waals surface area contributed by atoms with Crippen molar-refractivity contribution in [1.82, 2.24) is 0 Å². The maximum absolute atomic E-state index is 5.71. The molecule has 0 radical (unpaired) electrons. The van der Waals surface area contributed by atoms with Crippen molar-refractivity contribution in [3.05, 3.63) is 64.7 Å². The topological polar surface area (TPSA) is 9.23 Å². The molecule has 0 fully saturated rings. The van der Waals surface area contributed by atoms with Crippen molar-refractivity contribution in [3.63, 3.8) is 0 Å². The van der Waals surface area contributed by atoms with Gasteiger partial charge in [-0.25, -0.2) is 0 Å². The predicted molar refractivity (Wildman–Crippen MR) is 88.9 cm³/mol. The van der Waals surface area contributed by atoms with Gasteiger partial charge in [-0.2, -0.15) is 0 Å².